The minimum absolute atomic E-state index is 0.771. The molecule has 1 N–H and O–H groups in total. The fourth-order valence-electron chi connectivity index (χ4n) is 0.116. The van der Waals surface area contributed by atoms with Gasteiger partial charge in [0.15, 0.2) is 0 Å². The van der Waals surface area contributed by atoms with Crippen molar-refractivity contribution in [2.24, 2.45) is 4.99 Å². The second-order valence-electron chi connectivity index (χ2n) is 0.799. The van der Waals surface area contributed by atoms with Crippen LogP contribution >= 0.6 is 0 Å². The van der Waals surface area contributed by atoms with Gasteiger partial charge in [0.05, 0.1) is 0 Å². The largest absolute Gasteiger partial charge is 0.477 e. The molecular formula is C4H5NO2. The predicted octanol–water partition coefficient (Wildman–Crippen LogP) is 0.285. The van der Waals surface area contributed by atoms with E-state index in [0.717, 1.165) is 12.4 Å². The molecule has 38 valence electrons. The summed E-state index contributed by atoms with van der Waals surface area (Å²) in [6.45, 7) is 3.17. The normalized spacial score (nSPS) is 9.14. The SMILES string of the molecule is C=CN=CC(=O)O. The quantitative estimate of drug-likeness (QED) is 0.505. The van der Waals surface area contributed by atoms with Crippen LogP contribution in [0.15, 0.2) is 17.8 Å². The van der Waals surface area contributed by atoms with Crippen LogP contribution in [0.2, 0.25) is 0 Å². The molecule has 0 saturated carbocycles. The van der Waals surface area contributed by atoms with E-state index in [2.05, 4.69) is 11.6 Å². The molecule has 0 rings (SSSR count). The summed E-state index contributed by atoms with van der Waals surface area (Å²) in [6, 6.07) is 0. The Hall–Kier alpha value is -1.12. The third kappa shape index (κ3) is 4.88. The van der Waals surface area contributed by atoms with Crippen molar-refractivity contribution in [3.05, 3.63) is 12.8 Å². The van der Waals surface area contributed by atoms with Crippen molar-refractivity contribution < 1.29 is 9.90 Å². The first kappa shape index (κ1) is 5.88. The van der Waals surface area contributed by atoms with E-state index < -0.39 is 5.97 Å². The summed E-state index contributed by atoms with van der Waals surface area (Å²) in [7, 11) is 0. The lowest BCUT2D eigenvalue weighted by Crippen LogP contribution is -1.92. The highest BCUT2D eigenvalue weighted by Gasteiger charge is 1.79. The molecule has 0 heterocycles. The Morgan fingerprint density at radius 2 is 2.43 bits per heavy atom. The summed E-state index contributed by atoms with van der Waals surface area (Å²) < 4.78 is 0. The lowest BCUT2D eigenvalue weighted by atomic mass is 10.7. The van der Waals surface area contributed by atoms with Crippen LogP contribution in [-0.4, -0.2) is 17.3 Å². The molecule has 3 heteroatoms. The van der Waals surface area contributed by atoms with Crippen molar-refractivity contribution >= 4 is 12.2 Å². The van der Waals surface area contributed by atoms with Gasteiger partial charge in [-0.15, -0.1) is 0 Å². The van der Waals surface area contributed by atoms with Crippen LogP contribution in [0.1, 0.15) is 0 Å². The molecule has 0 aliphatic carbocycles. The lowest BCUT2D eigenvalue weighted by molar-refractivity contribution is -0.128. The Bertz CT molecular complexity index is 106. The second-order valence-corrected chi connectivity index (χ2v) is 0.799. The van der Waals surface area contributed by atoms with Crippen molar-refractivity contribution in [3.8, 4) is 0 Å². The average molecular weight is 99.1 g/mol. The first-order valence-electron chi connectivity index (χ1n) is 1.64. The molecule has 0 spiro atoms. The fourth-order valence-corrected chi connectivity index (χ4v) is 0.116. The van der Waals surface area contributed by atoms with E-state index in [1.54, 1.807) is 0 Å². The second kappa shape index (κ2) is 3.08. The molecule has 0 radical (unpaired) electrons. The standard InChI is InChI=1S/C4H5NO2/c1-2-5-3-4(6)7/h2-3H,1H2,(H,6,7). The van der Waals surface area contributed by atoms with Gasteiger partial charge in [0, 0.05) is 6.20 Å². The third-order valence-electron chi connectivity index (χ3n) is 0.290. The minimum atomic E-state index is -1.06. The zero-order chi connectivity index (χ0) is 5.70. The highest BCUT2D eigenvalue weighted by molar-refractivity contribution is 6.22. The van der Waals surface area contributed by atoms with E-state index in [1.165, 1.54) is 0 Å². The number of rotatable bonds is 2. The van der Waals surface area contributed by atoms with Gasteiger partial charge >= 0.3 is 5.97 Å². The average Bonchev–Trinajstić information content (AvgIpc) is 1.61. The van der Waals surface area contributed by atoms with Crippen LogP contribution in [0.4, 0.5) is 0 Å². The number of carboxylic acids is 1. The topological polar surface area (TPSA) is 49.7 Å². The van der Waals surface area contributed by atoms with Crippen molar-refractivity contribution in [1.29, 1.82) is 0 Å². The minimum Gasteiger partial charge on any atom is -0.477 e. The van der Waals surface area contributed by atoms with Gasteiger partial charge in [0.2, 0.25) is 0 Å². The number of hydrogen-bond acceptors (Lipinski definition) is 2. The van der Waals surface area contributed by atoms with Crippen LogP contribution < -0.4 is 0 Å². The molecule has 0 bridgehead atoms. The summed E-state index contributed by atoms with van der Waals surface area (Å²) in [5, 5.41) is 7.85. The summed E-state index contributed by atoms with van der Waals surface area (Å²) in [5.74, 6) is -1.06. The predicted molar refractivity (Wildman–Crippen MR) is 26.3 cm³/mol. The van der Waals surface area contributed by atoms with Gasteiger partial charge in [-0.1, -0.05) is 6.58 Å². The van der Waals surface area contributed by atoms with Crippen LogP contribution in [0.25, 0.3) is 0 Å². The number of carboxylic acid groups (broad SMARTS) is 1. The zero-order valence-electron chi connectivity index (χ0n) is 3.66. The van der Waals surface area contributed by atoms with Gasteiger partial charge in [-0.2, -0.15) is 0 Å². The number of hydrogen-bond donors (Lipinski definition) is 1. The number of aliphatic imine (C=N–C) groups is 1. The van der Waals surface area contributed by atoms with Crippen LogP contribution in [0.5, 0.6) is 0 Å². The van der Waals surface area contributed by atoms with Crippen molar-refractivity contribution in [2.75, 3.05) is 0 Å². The van der Waals surface area contributed by atoms with Gasteiger partial charge in [0.1, 0.15) is 6.21 Å². The number of aliphatic carboxylic acids is 1. The number of carbonyl (C=O) groups is 1. The molecule has 0 amide bonds. The van der Waals surface area contributed by atoms with E-state index in [-0.39, 0.29) is 0 Å². The van der Waals surface area contributed by atoms with Gasteiger partial charge in [-0.25, -0.2) is 4.79 Å². The Morgan fingerprint density at radius 1 is 1.86 bits per heavy atom. The van der Waals surface area contributed by atoms with Crippen molar-refractivity contribution in [1.82, 2.24) is 0 Å². The maximum Gasteiger partial charge on any atom is 0.346 e. The van der Waals surface area contributed by atoms with Crippen LogP contribution in [0.3, 0.4) is 0 Å². The number of nitrogens with zero attached hydrogens (tertiary/aromatic N) is 1. The molecule has 0 unspecified atom stereocenters. The van der Waals surface area contributed by atoms with Crippen LogP contribution in [0, 0.1) is 0 Å². The Kier molecular flexibility index (Phi) is 2.59. The maximum absolute atomic E-state index is 9.56. The van der Waals surface area contributed by atoms with Gasteiger partial charge in [-0.3, -0.25) is 4.99 Å². The van der Waals surface area contributed by atoms with E-state index >= 15 is 0 Å². The van der Waals surface area contributed by atoms with Crippen molar-refractivity contribution in [2.45, 2.75) is 0 Å². The highest BCUT2D eigenvalue weighted by atomic mass is 16.4. The van der Waals surface area contributed by atoms with Gasteiger partial charge in [-0.05, 0) is 0 Å². The summed E-state index contributed by atoms with van der Waals surface area (Å²) in [4.78, 5) is 12.8. The Labute approximate surface area is 41.0 Å². The third-order valence-corrected chi connectivity index (χ3v) is 0.290. The maximum atomic E-state index is 9.56. The summed E-state index contributed by atoms with van der Waals surface area (Å²) in [6.07, 6.45) is 1.93. The van der Waals surface area contributed by atoms with Crippen LogP contribution in [-0.2, 0) is 4.79 Å². The van der Waals surface area contributed by atoms with Crippen molar-refractivity contribution in [3.63, 3.8) is 0 Å². The molecular weight excluding hydrogens is 94.0 g/mol. The summed E-state index contributed by atoms with van der Waals surface area (Å²) in [5.41, 5.74) is 0. The van der Waals surface area contributed by atoms with E-state index in [4.69, 9.17) is 5.11 Å². The molecule has 0 atom stereocenters. The molecule has 3 nitrogen and oxygen atoms in total. The first-order chi connectivity index (χ1) is 3.27. The highest BCUT2D eigenvalue weighted by Crippen LogP contribution is 1.61. The molecule has 0 fully saturated rings. The summed E-state index contributed by atoms with van der Waals surface area (Å²) >= 11 is 0. The van der Waals surface area contributed by atoms with E-state index in [0.29, 0.717) is 0 Å². The zero-order valence-corrected chi connectivity index (χ0v) is 3.66. The van der Waals surface area contributed by atoms with Gasteiger partial charge in [0.25, 0.3) is 0 Å². The van der Waals surface area contributed by atoms with E-state index in [1.807, 2.05) is 0 Å². The van der Waals surface area contributed by atoms with Gasteiger partial charge < -0.3 is 5.11 Å². The molecule has 0 aliphatic rings. The molecule has 0 aromatic heterocycles. The molecule has 0 aromatic rings. The fraction of sp³-hybridized carbons (Fsp3) is 0. The smallest absolute Gasteiger partial charge is 0.346 e. The monoisotopic (exact) mass is 99.0 g/mol. The lowest BCUT2D eigenvalue weighted by Gasteiger charge is -1.70. The Balaban J connectivity index is 3.46. The van der Waals surface area contributed by atoms with E-state index in [9.17, 15) is 4.79 Å². The Morgan fingerprint density at radius 3 is 2.57 bits per heavy atom. The molecule has 7 heavy (non-hydrogen) atoms. The molecule has 0 saturated heterocycles. The first-order valence-corrected chi connectivity index (χ1v) is 1.64. The molecule has 0 aromatic carbocycles. The molecule has 0 aliphatic heterocycles.